The van der Waals surface area contributed by atoms with Crippen LogP contribution in [0.15, 0.2) is 35.5 Å². The van der Waals surface area contributed by atoms with Crippen molar-refractivity contribution < 1.29 is 14.6 Å². The van der Waals surface area contributed by atoms with Crippen LogP contribution in [0.5, 0.6) is 0 Å². The summed E-state index contributed by atoms with van der Waals surface area (Å²) in [5.74, 6) is -0.0567. The normalized spacial score (nSPS) is 43.0. The van der Waals surface area contributed by atoms with Gasteiger partial charge >= 0.3 is 0 Å². The lowest BCUT2D eigenvalue weighted by molar-refractivity contribution is -0.106. The van der Waals surface area contributed by atoms with Gasteiger partial charge in [0.15, 0.2) is 0 Å². The Kier molecular flexibility index (Phi) is 4.37. The van der Waals surface area contributed by atoms with Crippen LogP contribution in [0.2, 0.25) is 0 Å². The summed E-state index contributed by atoms with van der Waals surface area (Å²) < 4.78 is 5.86. The molecule has 1 heterocycles. The number of carbonyl (C=O) groups excluding carboxylic acids is 1. The van der Waals surface area contributed by atoms with Crippen molar-refractivity contribution in [3.8, 4) is 0 Å². The number of allylic oxidation sites excluding steroid dienone is 2. The first-order valence-electron chi connectivity index (χ1n) is 8.71. The smallest absolute Gasteiger partial charge is 0.146 e. The second-order valence-electron chi connectivity index (χ2n) is 7.88. The van der Waals surface area contributed by atoms with Crippen molar-refractivity contribution in [3.05, 3.63) is 35.5 Å². The van der Waals surface area contributed by atoms with Crippen molar-refractivity contribution in [2.75, 3.05) is 0 Å². The lowest BCUT2D eigenvalue weighted by atomic mass is 9.67. The molecule has 1 saturated heterocycles. The van der Waals surface area contributed by atoms with Crippen LogP contribution in [0.4, 0.5) is 0 Å². The molecular formula is C20H28O3. The predicted octanol–water partition coefficient (Wildman–Crippen LogP) is 3.59. The minimum Gasteiger partial charge on any atom is -0.392 e. The van der Waals surface area contributed by atoms with E-state index in [0.29, 0.717) is 6.10 Å². The fourth-order valence-corrected chi connectivity index (χ4v) is 4.46. The lowest BCUT2D eigenvalue weighted by Crippen LogP contribution is -2.39. The predicted molar refractivity (Wildman–Crippen MR) is 90.9 cm³/mol. The third-order valence-electron chi connectivity index (χ3n) is 5.86. The van der Waals surface area contributed by atoms with Crippen LogP contribution in [-0.4, -0.2) is 29.2 Å². The van der Waals surface area contributed by atoms with Gasteiger partial charge in [-0.15, -0.1) is 0 Å². The van der Waals surface area contributed by atoms with Crippen LogP contribution in [0.1, 0.15) is 46.5 Å². The number of ether oxygens (including phenoxy) is 1. The van der Waals surface area contributed by atoms with Crippen molar-refractivity contribution in [3.63, 3.8) is 0 Å². The summed E-state index contributed by atoms with van der Waals surface area (Å²) in [6, 6.07) is 0. The molecule has 2 unspecified atom stereocenters. The average Bonchev–Trinajstić information content (AvgIpc) is 3.14. The number of carbonyl (C=O) groups is 1. The summed E-state index contributed by atoms with van der Waals surface area (Å²) in [7, 11) is 0. The average molecular weight is 316 g/mol. The van der Waals surface area contributed by atoms with Gasteiger partial charge in [-0.2, -0.15) is 0 Å². The molecule has 0 aromatic rings. The molecule has 0 bridgehead atoms. The van der Waals surface area contributed by atoms with Gasteiger partial charge in [-0.25, -0.2) is 0 Å². The molecule has 126 valence electrons. The highest BCUT2D eigenvalue weighted by atomic mass is 16.6. The van der Waals surface area contributed by atoms with Gasteiger partial charge in [0.1, 0.15) is 6.29 Å². The van der Waals surface area contributed by atoms with Crippen LogP contribution in [-0.2, 0) is 9.53 Å². The number of aliphatic hydroxyl groups excluding tert-OH is 1. The zero-order valence-electron chi connectivity index (χ0n) is 14.4. The third-order valence-corrected chi connectivity index (χ3v) is 5.86. The van der Waals surface area contributed by atoms with Crippen molar-refractivity contribution in [2.45, 2.75) is 64.3 Å². The minimum absolute atomic E-state index is 0.0260. The van der Waals surface area contributed by atoms with Crippen LogP contribution in [0.25, 0.3) is 0 Å². The van der Waals surface area contributed by atoms with E-state index < -0.39 is 6.10 Å². The third kappa shape index (κ3) is 3.09. The van der Waals surface area contributed by atoms with Crippen molar-refractivity contribution in [2.24, 2.45) is 17.8 Å². The molecule has 3 aliphatic rings. The molecule has 2 aliphatic carbocycles. The Morgan fingerprint density at radius 1 is 1.43 bits per heavy atom. The molecule has 0 aromatic heterocycles. The van der Waals surface area contributed by atoms with Gasteiger partial charge in [0.25, 0.3) is 0 Å². The van der Waals surface area contributed by atoms with Gasteiger partial charge < -0.3 is 9.84 Å². The highest BCUT2D eigenvalue weighted by molar-refractivity contribution is 5.75. The molecule has 23 heavy (non-hydrogen) atoms. The summed E-state index contributed by atoms with van der Waals surface area (Å²) in [5, 5.41) is 10.9. The molecule has 3 rings (SSSR count). The second-order valence-corrected chi connectivity index (χ2v) is 7.88. The summed E-state index contributed by atoms with van der Waals surface area (Å²) in [6.07, 6.45) is 8.48. The summed E-state index contributed by atoms with van der Waals surface area (Å²) >= 11 is 0. The van der Waals surface area contributed by atoms with Gasteiger partial charge in [-0.05, 0) is 57.9 Å². The fraction of sp³-hybridized carbons (Fsp3) is 0.650. The monoisotopic (exact) mass is 316 g/mol. The van der Waals surface area contributed by atoms with Gasteiger partial charge in [0.05, 0.1) is 17.8 Å². The molecule has 3 nitrogen and oxygen atoms in total. The van der Waals surface area contributed by atoms with E-state index in [1.165, 1.54) is 0 Å². The van der Waals surface area contributed by atoms with E-state index in [4.69, 9.17) is 4.74 Å². The quantitative estimate of drug-likeness (QED) is 0.481. The summed E-state index contributed by atoms with van der Waals surface area (Å²) in [5.41, 5.74) is 3.02. The summed E-state index contributed by atoms with van der Waals surface area (Å²) in [4.78, 5) is 11.7. The van der Waals surface area contributed by atoms with E-state index in [9.17, 15) is 9.90 Å². The largest absolute Gasteiger partial charge is 0.392 e. The van der Waals surface area contributed by atoms with Gasteiger partial charge in [-0.3, -0.25) is 4.79 Å². The Morgan fingerprint density at radius 2 is 2.17 bits per heavy atom. The zero-order valence-corrected chi connectivity index (χ0v) is 14.4. The first kappa shape index (κ1) is 16.7. The number of aliphatic hydroxyl groups is 1. The van der Waals surface area contributed by atoms with E-state index in [2.05, 4.69) is 19.6 Å². The molecule has 1 N–H and O–H groups in total. The summed E-state index contributed by atoms with van der Waals surface area (Å²) in [6.45, 7) is 10.5. The molecule has 6 atom stereocenters. The van der Waals surface area contributed by atoms with Crippen LogP contribution < -0.4 is 0 Å². The van der Waals surface area contributed by atoms with Gasteiger partial charge in [0, 0.05) is 11.8 Å². The first-order chi connectivity index (χ1) is 10.9. The molecule has 3 heteroatoms. The second kappa shape index (κ2) is 6.03. The lowest BCUT2D eigenvalue weighted by Gasteiger charge is -2.39. The molecule has 2 fully saturated rings. The minimum atomic E-state index is -0.491. The molecule has 0 spiro atoms. The first-order valence-corrected chi connectivity index (χ1v) is 8.71. The highest BCUT2D eigenvalue weighted by Crippen LogP contribution is 2.50. The Bertz CT molecular complexity index is 569. The highest BCUT2D eigenvalue weighted by Gasteiger charge is 2.53. The standard InChI is InChI=1S/C20H28O3/c1-12(2)9-14-10-15(11-21)16-7-8-20(4)17(23-20)6-5-13(3)18(16)19(14)22/h9-11,14,16-19,22H,3,5-8H2,1-2,4H3/t14-,16-,17?,18+,19+,20?/m1/s1. The Morgan fingerprint density at radius 3 is 2.83 bits per heavy atom. The number of fused-ring (bicyclic) bond motifs is 2. The van der Waals surface area contributed by atoms with E-state index in [-0.39, 0.29) is 23.4 Å². The topological polar surface area (TPSA) is 49.8 Å². The maximum atomic E-state index is 11.7. The molecule has 0 radical (unpaired) electrons. The van der Waals surface area contributed by atoms with Crippen LogP contribution >= 0.6 is 0 Å². The Hall–Kier alpha value is -1.19. The van der Waals surface area contributed by atoms with Crippen molar-refractivity contribution in [1.82, 2.24) is 0 Å². The van der Waals surface area contributed by atoms with E-state index in [0.717, 1.165) is 48.7 Å². The fourth-order valence-electron chi connectivity index (χ4n) is 4.46. The maximum Gasteiger partial charge on any atom is 0.146 e. The van der Waals surface area contributed by atoms with E-state index in [1.54, 1.807) is 0 Å². The number of aldehydes is 1. The molecular weight excluding hydrogens is 288 g/mol. The molecule has 1 saturated carbocycles. The van der Waals surface area contributed by atoms with Crippen molar-refractivity contribution >= 4 is 6.29 Å². The number of rotatable bonds is 2. The maximum absolute atomic E-state index is 11.7. The Balaban J connectivity index is 1.95. The molecule has 0 aromatic carbocycles. The van der Waals surface area contributed by atoms with E-state index in [1.807, 2.05) is 19.9 Å². The van der Waals surface area contributed by atoms with E-state index >= 15 is 0 Å². The van der Waals surface area contributed by atoms with Crippen molar-refractivity contribution in [1.29, 1.82) is 0 Å². The zero-order chi connectivity index (χ0) is 16.8. The SMILES string of the molecule is C=C1CCC2OC2(C)CC[C@@H]2C(C=O)=C[C@@H](C=C(C)C)[C@H](O)[C@@H]12. The molecule has 0 amide bonds. The van der Waals surface area contributed by atoms with Crippen LogP contribution in [0, 0.1) is 17.8 Å². The number of epoxide rings is 1. The van der Waals surface area contributed by atoms with Gasteiger partial charge in [-0.1, -0.05) is 29.9 Å². The molecule has 1 aliphatic heterocycles. The number of hydrogen-bond acceptors (Lipinski definition) is 3. The Labute approximate surface area is 139 Å². The number of hydrogen-bond donors (Lipinski definition) is 1. The van der Waals surface area contributed by atoms with Crippen LogP contribution in [0.3, 0.4) is 0 Å². The van der Waals surface area contributed by atoms with Gasteiger partial charge in [0.2, 0.25) is 0 Å².